The standard InChI is InChI=1S/C28H29FN4O3/c1-3-35-25-13-20(4-9-24(25)32-15-19(2)30-18-32)12-21-14-27(10-11-27)16-33-26(21)31-36-28(33,17-34)22-5-7-23(29)8-6-22/h4-9,12-13,15,18,34H,3,10-11,14,16-17H2,1-2H3/b21-12+. The molecule has 2 aliphatic heterocycles. The lowest BCUT2D eigenvalue weighted by Crippen LogP contribution is -2.53. The second kappa shape index (κ2) is 8.48. The molecule has 0 bridgehead atoms. The number of halogens is 1. The molecule has 1 atom stereocenters. The second-order valence-corrected chi connectivity index (χ2v) is 9.97. The van der Waals surface area contributed by atoms with Crippen LogP contribution in [-0.4, -0.2) is 45.2 Å². The molecule has 0 radical (unpaired) electrons. The molecular weight excluding hydrogens is 459 g/mol. The first kappa shape index (κ1) is 22.8. The van der Waals surface area contributed by atoms with E-state index in [1.54, 1.807) is 18.5 Å². The van der Waals surface area contributed by atoms with E-state index in [-0.39, 0.29) is 17.8 Å². The Morgan fingerprint density at radius 3 is 2.67 bits per heavy atom. The lowest BCUT2D eigenvalue weighted by atomic mass is 9.86. The summed E-state index contributed by atoms with van der Waals surface area (Å²) in [4.78, 5) is 12.4. The van der Waals surface area contributed by atoms with Crippen LogP contribution in [0.3, 0.4) is 0 Å². The summed E-state index contributed by atoms with van der Waals surface area (Å²) in [5.41, 5.74) is 3.59. The first-order chi connectivity index (χ1) is 17.4. The van der Waals surface area contributed by atoms with Gasteiger partial charge in [0, 0.05) is 18.3 Å². The predicted molar refractivity (Wildman–Crippen MR) is 134 cm³/mol. The molecule has 3 aromatic rings. The number of benzene rings is 2. The molecule has 1 unspecified atom stereocenters. The molecule has 3 heterocycles. The molecule has 1 spiro atoms. The van der Waals surface area contributed by atoms with E-state index in [0.29, 0.717) is 12.2 Å². The summed E-state index contributed by atoms with van der Waals surface area (Å²) in [5.74, 6) is 1.17. The van der Waals surface area contributed by atoms with Crippen LogP contribution in [0.25, 0.3) is 11.8 Å². The van der Waals surface area contributed by atoms with Gasteiger partial charge in [0.2, 0.25) is 0 Å². The molecule has 36 heavy (non-hydrogen) atoms. The number of fused-ring (bicyclic) bond motifs is 1. The largest absolute Gasteiger partial charge is 0.492 e. The van der Waals surface area contributed by atoms with Crippen LogP contribution in [0, 0.1) is 18.2 Å². The zero-order chi connectivity index (χ0) is 24.9. The van der Waals surface area contributed by atoms with Crippen LogP contribution in [0.15, 0.2) is 65.7 Å². The highest BCUT2D eigenvalue weighted by Crippen LogP contribution is 2.57. The zero-order valence-corrected chi connectivity index (χ0v) is 20.4. The van der Waals surface area contributed by atoms with Crippen LogP contribution < -0.4 is 4.74 Å². The van der Waals surface area contributed by atoms with E-state index in [1.165, 1.54) is 12.1 Å². The van der Waals surface area contributed by atoms with Gasteiger partial charge in [-0.1, -0.05) is 11.2 Å². The molecule has 1 aromatic heterocycles. The Balaban J connectivity index is 1.38. The Bertz CT molecular complexity index is 1360. The minimum Gasteiger partial charge on any atom is -0.492 e. The first-order valence-corrected chi connectivity index (χ1v) is 12.3. The number of rotatable bonds is 6. The van der Waals surface area contributed by atoms with Crippen molar-refractivity contribution in [2.45, 2.75) is 38.8 Å². The Kier molecular flexibility index (Phi) is 5.37. The van der Waals surface area contributed by atoms with Gasteiger partial charge in [0.15, 0.2) is 5.84 Å². The van der Waals surface area contributed by atoms with E-state index >= 15 is 0 Å². The summed E-state index contributed by atoms with van der Waals surface area (Å²) < 4.78 is 21.6. The van der Waals surface area contributed by atoms with Crippen molar-refractivity contribution in [3.8, 4) is 11.4 Å². The Morgan fingerprint density at radius 1 is 1.19 bits per heavy atom. The highest BCUT2D eigenvalue weighted by molar-refractivity contribution is 6.04. The second-order valence-electron chi connectivity index (χ2n) is 9.97. The number of ether oxygens (including phenoxy) is 1. The fourth-order valence-electron chi connectivity index (χ4n) is 5.31. The van der Waals surface area contributed by atoms with Crippen LogP contribution in [-0.2, 0) is 10.6 Å². The number of hydrogen-bond acceptors (Lipinski definition) is 6. The normalized spacial score (nSPS) is 22.9. The van der Waals surface area contributed by atoms with Crippen molar-refractivity contribution >= 4 is 11.9 Å². The molecule has 1 saturated heterocycles. The van der Waals surface area contributed by atoms with Crippen LogP contribution in [0.4, 0.5) is 4.39 Å². The maximum Gasteiger partial charge on any atom is 0.260 e. The van der Waals surface area contributed by atoms with Gasteiger partial charge in [-0.2, -0.15) is 0 Å². The highest BCUT2D eigenvalue weighted by Gasteiger charge is 2.57. The van der Waals surface area contributed by atoms with E-state index in [2.05, 4.69) is 27.2 Å². The molecule has 7 nitrogen and oxygen atoms in total. The Hall–Kier alpha value is -3.65. The predicted octanol–water partition coefficient (Wildman–Crippen LogP) is 4.78. The van der Waals surface area contributed by atoms with Gasteiger partial charge in [-0.25, -0.2) is 9.37 Å². The van der Waals surface area contributed by atoms with Crippen LogP contribution >= 0.6 is 0 Å². The summed E-state index contributed by atoms with van der Waals surface area (Å²) in [6.07, 6.45) is 9.02. The van der Waals surface area contributed by atoms with Gasteiger partial charge in [-0.05, 0) is 92.1 Å². The lowest BCUT2D eigenvalue weighted by molar-refractivity contribution is -0.141. The third-order valence-electron chi connectivity index (χ3n) is 7.40. The molecule has 2 fully saturated rings. The quantitative estimate of drug-likeness (QED) is 0.541. The van der Waals surface area contributed by atoms with Gasteiger partial charge < -0.3 is 24.1 Å². The summed E-state index contributed by atoms with van der Waals surface area (Å²) >= 11 is 0. The molecule has 1 N–H and O–H groups in total. The minimum absolute atomic E-state index is 0.135. The molecule has 0 amide bonds. The van der Waals surface area contributed by atoms with E-state index in [4.69, 9.17) is 9.57 Å². The third-order valence-corrected chi connectivity index (χ3v) is 7.40. The summed E-state index contributed by atoms with van der Waals surface area (Å²) in [5, 5.41) is 15.0. The average Bonchev–Trinajstić information content (AvgIpc) is 3.29. The van der Waals surface area contributed by atoms with Gasteiger partial charge in [0.25, 0.3) is 5.72 Å². The molecule has 186 valence electrons. The van der Waals surface area contributed by atoms with Crippen LogP contribution in [0.1, 0.15) is 43.0 Å². The molecule has 3 aliphatic rings. The topological polar surface area (TPSA) is 72.1 Å². The average molecular weight is 489 g/mol. The molecule has 8 heteroatoms. The third kappa shape index (κ3) is 3.76. The van der Waals surface area contributed by atoms with Crippen molar-refractivity contribution < 1.29 is 19.1 Å². The zero-order valence-electron chi connectivity index (χ0n) is 20.4. The fraction of sp³-hybridized carbons (Fsp3) is 0.357. The van der Waals surface area contributed by atoms with Crippen LogP contribution in [0.2, 0.25) is 0 Å². The summed E-state index contributed by atoms with van der Waals surface area (Å²) in [7, 11) is 0. The summed E-state index contributed by atoms with van der Waals surface area (Å²) in [6.45, 7) is 4.93. The summed E-state index contributed by atoms with van der Waals surface area (Å²) in [6, 6.07) is 12.2. The number of aliphatic hydroxyl groups excluding tert-OH is 1. The van der Waals surface area contributed by atoms with Crippen molar-refractivity contribution in [1.29, 1.82) is 0 Å². The molecule has 2 aromatic carbocycles. The van der Waals surface area contributed by atoms with E-state index < -0.39 is 5.72 Å². The minimum atomic E-state index is -1.16. The van der Waals surface area contributed by atoms with E-state index in [0.717, 1.165) is 59.9 Å². The maximum absolute atomic E-state index is 13.6. The first-order valence-electron chi connectivity index (χ1n) is 12.3. The van der Waals surface area contributed by atoms with Gasteiger partial charge in [0.05, 0.1) is 24.3 Å². The number of aryl methyl sites for hydroxylation is 1. The monoisotopic (exact) mass is 488 g/mol. The number of imidazole rings is 1. The van der Waals surface area contributed by atoms with Crippen LogP contribution in [0.5, 0.6) is 5.75 Å². The molecule has 6 rings (SSSR count). The Labute approximate surface area is 209 Å². The fourth-order valence-corrected chi connectivity index (χ4v) is 5.31. The lowest BCUT2D eigenvalue weighted by Gasteiger charge is -2.42. The van der Waals surface area contributed by atoms with Crippen molar-refractivity contribution in [3.05, 3.63) is 83.2 Å². The molecular formula is C28H29FN4O3. The van der Waals surface area contributed by atoms with Crippen molar-refractivity contribution in [1.82, 2.24) is 14.5 Å². The molecule has 1 saturated carbocycles. The Morgan fingerprint density at radius 2 is 2.00 bits per heavy atom. The highest BCUT2D eigenvalue weighted by atomic mass is 19.1. The number of nitrogens with zero attached hydrogens (tertiary/aromatic N) is 4. The maximum atomic E-state index is 13.6. The number of aromatic nitrogens is 2. The van der Waals surface area contributed by atoms with Gasteiger partial charge in [-0.15, -0.1) is 0 Å². The van der Waals surface area contributed by atoms with Gasteiger partial charge in [-0.3, -0.25) is 0 Å². The van der Waals surface area contributed by atoms with Crippen molar-refractivity contribution in [3.63, 3.8) is 0 Å². The number of hydrogen-bond donors (Lipinski definition) is 1. The number of oxime groups is 1. The number of amidine groups is 1. The smallest absolute Gasteiger partial charge is 0.260 e. The van der Waals surface area contributed by atoms with Gasteiger partial charge in [0.1, 0.15) is 18.2 Å². The van der Waals surface area contributed by atoms with Crippen molar-refractivity contribution in [2.75, 3.05) is 19.8 Å². The van der Waals surface area contributed by atoms with Gasteiger partial charge >= 0.3 is 0 Å². The SMILES string of the molecule is CCOc1cc(/C=C2\CC3(CC3)CN3C2=NOC3(CO)c2ccc(F)cc2)ccc1-n1cnc(C)c1. The number of aliphatic hydroxyl groups is 1. The molecule has 1 aliphatic carbocycles. The number of piperidine rings is 1. The van der Waals surface area contributed by atoms with E-state index in [9.17, 15) is 9.50 Å². The van der Waals surface area contributed by atoms with Crippen molar-refractivity contribution in [2.24, 2.45) is 10.6 Å². The van der Waals surface area contributed by atoms with E-state index in [1.807, 2.05) is 36.7 Å².